The SMILES string of the molecule is FC(F)(F)Oc1ccc(-n2ccc(-c3ccc(C=NNC(=S)Nc4c(Cl)cccc4Cl)cc3)c2)cc1. The van der Waals surface area contributed by atoms with E-state index in [1.807, 2.05) is 47.3 Å². The summed E-state index contributed by atoms with van der Waals surface area (Å²) in [5, 5.41) is 8.14. The molecule has 0 amide bonds. The molecule has 0 saturated heterocycles. The molecule has 0 aliphatic heterocycles. The molecule has 4 rings (SSSR count). The number of halogens is 5. The van der Waals surface area contributed by atoms with Gasteiger partial charge in [-0.1, -0.05) is 53.5 Å². The zero-order valence-corrected chi connectivity index (χ0v) is 20.6. The summed E-state index contributed by atoms with van der Waals surface area (Å²) >= 11 is 17.4. The zero-order valence-electron chi connectivity index (χ0n) is 18.3. The molecule has 0 unspecified atom stereocenters. The number of hydrogen-bond donors (Lipinski definition) is 2. The van der Waals surface area contributed by atoms with E-state index in [4.69, 9.17) is 35.4 Å². The van der Waals surface area contributed by atoms with Crippen LogP contribution in [0.2, 0.25) is 10.0 Å². The second kappa shape index (κ2) is 11.0. The lowest BCUT2D eigenvalue weighted by atomic mass is 10.1. The van der Waals surface area contributed by atoms with Crippen molar-refractivity contribution in [2.24, 2.45) is 5.10 Å². The van der Waals surface area contributed by atoms with Gasteiger partial charge in [-0.15, -0.1) is 13.2 Å². The van der Waals surface area contributed by atoms with E-state index >= 15 is 0 Å². The van der Waals surface area contributed by atoms with Crippen LogP contribution in [0.1, 0.15) is 5.56 Å². The second-order valence-electron chi connectivity index (χ2n) is 7.39. The molecule has 0 fully saturated rings. The van der Waals surface area contributed by atoms with E-state index in [1.54, 1.807) is 36.5 Å². The minimum atomic E-state index is -4.72. The Balaban J connectivity index is 1.36. The lowest BCUT2D eigenvalue weighted by molar-refractivity contribution is -0.274. The molecule has 184 valence electrons. The number of hydrazone groups is 1. The van der Waals surface area contributed by atoms with Crippen LogP contribution >= 0.6 is 35.4 Å². The number of rotatable bonds is 6. The predicted molar refractivity (Wildman–Crippen MR) is 141 cm³/mol. The normalized spacial score (nSPS) is 11.5. The number of para-hydroxylation sites is 1. The molecule has 0 radical (unpaired) electrons. The standard InChI is InChI=1S/C25H17Cl2F3N4OS/c26-21-2-1-3-22(27)23(21)32-24(36)33-31-14-16-4-6-17(7-5-16)18-12-13-34(15-18)19-8-10-20(11-9-19)35-25(28,29)30/h1-15H,(H2,32,33,36). The van der Waals surface area contributed by atoms with Crippen LogP contribution in [0, 0.1) is 0 Å². The molecule has 0 aliphatic carbocycles. The monoisotopic (exact) mass is 548 g/mol. The van der Waals surface area contributed by atoms with Gasteiger partial charge >= 0.3 is 6.36 Å². The number of hydrogen-bond acceptors (Lipinski definition) is 3. The third-order valence-electron chi connectivity index (χ3n) is 4.89. The van der Waals surface area contributed by atoms with Crippen molar-refractivity contribution < 1.29 is 17.9 Å². The van der Waals surface area contributed by atoms with Crippen molar-refractivity contribution in [1.29, 1.82) is 0 Å². The molecule has 1 heterocycles. The van der Waals surface area contributed by atoms with E-state index in [9.17, 15) is 13.2 Å². The van der Waals surface area contributed by atoms with E-state index in [2.05, 4.69) is 20.6 Å². The van der Waals surface area contributed by atoms with Crippen molar-refractivity contribution in [3.63, 3.8) is 0 Å². The Hall–Kier alpha value is -3.53. The Bertz CT molecular complexity index is 1370. The molecule has 36 heavy (non-hydrogen) atoms. The van der Waals surface area contributed by atoms with Gasteiger partial charge in [0.1, 0.15) is 5.75 Å². The maximum Gasteiger partial charge on any atom is 0.573 e. The second-order valence-corrected chi connectivity index (χ2v) is 8.61. The number of thiocarbonyl (C=S) groups is 1. The van der Waals surface area contributed by atoms with Gasteiger partial charge in [0.15, 0.2) is 5.11 Å². The Labute approximate surface area is 220 Å². The first-order valence-electron chi connectivity index (χ1n) is 10.4. The minimum absolute atomic E-state index is 0.234. The number of aromatic nitrogens is 1. The summed E-state index contributed by atoms with van der Waals surface area (Å²) < 4.78 is 42.7. The van der Waals surface area contributed by atoms with Gasteiger partial charge in [0.05, 0.1) is 21.9 Å². The summed E-state index contributed by atoms with van der Waals surface area (Å²) in [5.74, 6) is -0.269. The van der Waals surface area contributed by atoms with E-state index in [0.717, 1.165) is 16.7 Å². The largest absolute Gasteiger partial charge is 0.573 e. The first-order chi connectivity index (χ1) is 17.2. The van der Waals surface area contributed by atoms with Crippen LogP contribution in [0.4, 0.5) is 18.9 Å². The molecule has 1 aromatic heterocycles. The topological polar surface area (TPSA) is 50.6 Å². The van der Waals surface area contributed by atoms with Crippen molar-refractivity contribution in [2.45, 2.75) is 6.36 Å². The fraction of sp³-hybridized carbons (Fsp3) is 0.0400. The molecule has 0 atom stereocenters. The van der Waals surface area contributed by atoms with Crippen molar-refractivity contribution >= 4 is 52.4 Å². The van der Waals surface area contributed by atoms with E-state index < -0.39 is 6.36 Å². The first kappa shape index (κ1) is 25.6. The summed E-state index contributed by atoms with van der Waals surface area (Å²) in [6, 6.07) is 20.3. The molecule has 0 saturated carbocycles. The lowest BCUT2D eigenvalue weighted by Crippen LogP contribution is -2.24. The minimum Gasteiger partial charge on any atom is -0.406 e. The van der Waals surface area contributed by atoms with E-state index in [-0.39, 0.29) is 10.9 Å². The van der Waals surface area contributed by atoms with Crippen LogP contribution in [-0.4, -0.2) is 22.3 Å². The van der Waals surface area contributed by atoms with Crippen molar-refractivity contribution in [3.8, 4) is 22.6 Å². The molecule has 11 heteroatoms. The summed E-state index contributed by atoms with van der Waals surface area (Å²) in [6.07, 6.45) is 0.603. The summed E-state index contributed by atoms with van der Waals surface area (Å²) in [5.41, 5.74) is 6.65. The first-order valence-corrected chi connectivity index (χ1v) is 11.5. The number of alkyl halides is 3. The third kappa shape index (κ3) is 6.78. The molecular formula is C25H17Cl2F3N4OS. The van der Waals surface area contributed by atoms with Gasteiger partial charge in [-0.05, 0) is 71.4 Å². The number of nitrogens with one attached hydrogen (secondary N) is 2. The fourth-order valence-electron chi connectivity index (χ4n) is 3.23. The molecule has 4 aromatic rings. The van der Waals surface area contributed by atoms with Crippen LogP contribution in [0.3, 0.4) is 0 Å². The Morgan fingerprint density at radius 3 is 2.22 bits per heavy atom. The molecule has 0 bridgehead atoms. The van der Waals surface area contributed by atoms with Gasteiger partial charge < -0.3 is 14.6 Å². The Morgan fingerprint density at radius 2 is 1.58 bits per heavy atom. The van der Waals surface area contributed by atoms with Crippen LogP contribution in [0.15, 0.2) is 90.3 Å². The van der Waals surface area contributed by atoms with Gasteiger partial charge in [0.25, 0.3) is 0 Å². The summed E-state index contributed by atoms with van der Waals surface area (Å²) in [7, 11) is 0. The number of benzene rings is 3. The molecule has 0 spiro atoms. The summed E-state index contributed by atoms with van der Waals surface area (Å²) in [4.78, 5) is 0. The molecule has 0 aliphatic rings. The van der Waals surface area contributed by atoms with Crippen molar-refractivity contribution in [2.75, 3.05) is 5.32 Å². The Morgan fingerprint density at radius 1 is 0.917 bits per heavy atom. The van der Waals surface area contributed by atoms with Crippen molar-refractivity contribution in [3.05, 3.63) is 101 Å². The van der Waals surface area contributed by atoms with Gasteiger partial charge in [-0.3, -0.25) is 5.43 Å². The van der Waals surface area contributed by atoms with E-state index in [0.29, 0.717) is 21.4 Å². The van der Waals surface area contributed by atoms with Crippen LogP contribution in [0.5, 0.6) is 5.75 Å². The Kier molecular flexibility index (Phi) is 7.83. The molecule has 2 N–H and O–H groups in total. The molecule has 5 nitrogen and oxygen atoms in total. The average molecular weight is 549 g/mol. The highest BCUT2D eigenvalue weighted by Gasteiger charge is 2.30. The van der Waals surface area contributed by atoms with Gasteiger partial charge in [0, 0.05) is 18.1 Å². The molecule has 3 aromatic carbocycles. The fourth-order valence-corrected chi connectivity index (χ4v) is 3.88. The number of anilines is 1. The highest BCUT2D eigenvalue weighted by molar-refractivity contribution is 7.80. The maximum absolute atomic E-state index is 12.3. The number of ether oxygens (including phenoxy) is 1. The van der Waals surface area contributed by atoms with Gasteiger partial charge in [-0.25, -0.2) is 0 Å². The quantitative estimate of drug-likeness (QED) is 0.147. The van der Waals surface area contributed by atoms with Crippen molar-refractivity contribution in [1.82, 2.24) is 9.99 Å². The zero-order chi connectivity index (χ0) is 25.7. The smallest absolute Gasteiger partial charge is 0.406 e. The predicted octanol–water partition coefficient (Wildman–Crippen LogP) is 7.67. The van der Waals surface area contributed by atoms with Crippen LogP contribution < -0.4 is 15.5 Å². The van der Waals surface area contributed by atoms with E-state index in [1.165, 1.54) is 12.1 Å². The highest BCUT2D eigenvalue weighted by Crippen LogP contribution is 2.30. The average Bonchev–Trinajstić information content (AvgIpc) is 3.32. The van der Waals surface area contributed by atoms with Gasteiger partial charge in [-0.2, -0.15) is 5.10 Å². The molecular weight excluding hydrogens is 532 g/mol. The third-order valence-corrected chi connectivity index (χ3v) is 5.71. The summed E-state index contributed by atoms with van der Waals surface area (Å²) in [6.45, 7) is 0. The van der Waals surface area contributed by atoms with Crippen LogP contribution in [0.25, 0.3) is 16.8 Å². The lowest BCUT2D eigenvalue weighted by Gasteiger charge is -2.10. The van der Waals surface area contributed by atoms with Gasteiger partial charge in [0.2, 0.25) is 0 Å². The highest BCUT2D eigenvalue weighted by atomic mass is 35.5. The maximum atomic E-state index is 12.3. The number of nitrogens with zero attached hydrogens (tertiary/aromatic N) is 2. The van der Waals surface area contributed by atoms with Crippen LogP contribution in [-0.2, 0) is 0 Å².